The molecule has 0 fully saturated rings. The molecule has 13 heteroatoms. The van der Waals surface area contributed by atoms with Crippen molar-refractivity contribution in [3.8, 4) is 11.3 Å². The van der Waals surface area contributed by atoms with Crippen LogP contribution in [0.5, 0.6) is 0 Å². The van der Waals surface area contributed by atoms with E-state index < -0.39 is 30.4 Å². The van der Waals surface area contributed by atoms with E-state index in [2.05, 4.69) is 30.8 Å². The number of aryl methyl sites for hydroxylation is 1. The number of aromatic nitrogens is 5. The number of carbonyl (C=O) groups is 2. The molecule has 0 unspecified atom stereocenters. The number of halogens is 2. The summed E-state index contributed by atoms with van der Waals surface area (Å²) in [5, 5.41) is 23.9. The molecule has 3 N–H and O–H groups in total. The standard InChI is InChI=1S/C26H24ClFN8O3/c1-14(24(38)31-21(13-37)15-4-3-5-18(28)8-15)36-12-17-7-6-16(9-19(17)25(36)39)23-20(27)10-29-26(33-23)32-22-11-30-35(2)34-22/h3-11,14,21,37H,12-13H2,1-2H3,(H,31,38)(H,29,32,33,34)/t14-,21-/m1/s1. The summed E-state index contributed by atoms with van der Waals surface area (Å²) in [5.74, 6) is -0.569. The van der Waals surface area contributed by atoms with Gasteiger partial charge in [0.15, 0.2) is 5.82 Å². The number of nitrogens with zero attached hydrogens (tertiary/aromatic N) is 6. The van der Waals surface area contributed by atoms with Crippen molar-refractivity contribution in [3.63, 3.8) is 0 Å². The minimum atomic E-state index is -0.846. The second-order valence-corrected chi connectivity index (χ2v) is 9.42. The summed E-state index contributed by atoms with van der Waals surface area (Å²) in [6, 6.07) is 9.26. The molecule has 1 aliphatic rings. The minimum absolute atomic E-state index is 0.226. The van der Waals surface area contributed by atoms with Crippen LogP contribution in [0.2, 0.25) is 5.02 Å². The van der Waals surface area contributed by atoms with Crippen molar-refractivity contribution in [2.45, 2.75) is 25.6 Å². The number of nitrogens with one attached hydrogen (secondary N) is 2. The Hall–Kier alpha value is -4.42. The summed E-state index contributed by atoms with van der Waals surface area (Å²) in [6.07, 6.45) is 2.98. The number of anilines is 2. The number of aliphatic hydroxyl groups excluding tert-OH is 1. The first-order valence-corrected chi connectivity index (χ1v) is 12.4. The monoisotopic (exact) mass is 550 g/mol. The minimum Gasteiger partial charge on any atom is -0.394 e. The molecule has 0 saturated carbocycles. The van der Waals surface area contributed by atoms with Crippen molar-refractivity contribution >= 4 is 35.2 Å². The van der Waals surface area contributed by atoms with Gasteiger partial charge in [0.2, 0.25) is 11.9 Å². The van der Waals surface area contributed by atoms with Gasteiger partial charge in [0.1, 0.15) is 11.9 Å². The second kappa shape index (κ2) is 10.8. The fraction of sp³-hybridized carbons (Fsp3) is 0.231. The largest absolute Gasteiger partial charge is 0.394 e. The van der Waals surface area contributed by atoms with Gasteiger partial charge in [-0.15, -0.1) is 5.10 Å². The maximum Gasteiger partial charge on any atom is 0.255 e. The lowest BCUT2D eigenvalue weighted by Gasteiger charge is -2.26. The molecular formula is C26H24ClFN8O3. The first-order chi connectivity index (χ1) is 18.7. The van der Waals surface area contributed by atoms with E-state index in [-0.39, 0.29) is 18.4 Å². The van der Waals surface area contributed by atoms with E-state index in [9.17, 15) is 19.1 Å². The summed E-state index contributed by atoms with van der Waals surface area (Å²) in [5.41, 5.74) is 2.61. The number of aliphatic hydroxyl groups is 1. The van der Waals surface area contributed by atoms with E-state index >= 15 is 0 Å². The fourth-order valence-corrected chi connectivity index (χ4v) is 4.52. The maximum absolute atomic E-state index is 13.6. The highest BCUT2D eigenvalue weighted by atomic mass is 35.5. The molecule has 2 aromatic carbocycles. The molecule has 0 bridgehead atoms. The Balaban J connectivity index is 1.33. The van der Waals surface area contributed by atoms with Crippen LogP contribution < -0.4 is 10.6 Å². The average molecular weight is 551 g/mol. The van der Waals surface area contributed by atoms with Crippen LogP contribution in [0.3, 0.4) is 0 Å². The number of carbonyl (C=O) groups excluding carboxylic acids is 2. The van der Waals surface area contributed by atoms with Crippen molar-refractivity contribution < 1.29 is 19.1 Å². The topological polar surface area (TPSA) is 138 Å². The third-order valence-electron chi connectivity index (χ3n) is 6.40. The third-order valence-corrected chi connectivity index (χ3v) is 6.67. The molecular weight excluding hydrogens is 527 g/mol. The zero-order valence-corrected chi connectivity index (χ0v) is 21.7. The van der Waals surface area contributed by atoms with E-state index in [1.54, 1.807) is 38.2 Å². The molecule has 4 aromatic rings. The summed E-state index contributed by atoms with van der Waals surface area (Å²) >= 11 is 6.39. The molecule has 0 radical (unpaired) electrons. The highest BCUT2D eigenvalue weighted by Crippen LogP contribution is 2.32. The number of amides is 2. The van der Waals surface area contributed by atoms with Gasteiger partial charge in [-0.3, -0.25) is 9.59 Å². The summed E-state index contributed by atoms with van der Waals surface area (Å²) in [4.78, 5) is 37.9. The lowest BCUT2D eigenvalue weighted by Crippen LogP contribution is -2.46. The highest BCUT2D eigenvalue weighted by Gasteiger charge is 2.35. The highest BCUT2D eigenvalue weighted by molar-refractivity contribution is 6.33. The average Bonchev–Trinajstić information content (AvgIpc) is 3.49. The Morgan fingerprint density at radius 2 is 2.05 bits per heavy atom. The van der Waals surface area contributed by atoms with Crippen LogP contribution in [0.15, 0.2) is 54.9 Å². The molecule has 200 valence electrons. The van der Waals surface area contributed by atoms with Gasteiger partial charge in [0.05, 0.1) is 35.8 Å². The van der Waals surface area contributed by atoms with Gasteiger partial charge in [-0.2, -0.15) is 9.90 Å². The molecule has 11 nitrogen and oxygen atoms in total. The number of rotatable bonds is 8. The normalized spacial score (nSPS) is 14.2. The summed E-state index contributed by atoms with van der Waals surface area (Å²) in [6.45, 7) is 1.41. The van der Waals surface area contributed by atoms with E-state index in [0.29, 0.717) is 33.2 Å². The Kier molecular flexibility index (Phi) is 7.22. The van der Waals surface area contributed by atoms with Crippen LogP contribution in [0, 0.1) is 5.82 Å². The molecule has 2 amide bonds. The number of fused-ring (bicyclic) bond motifs is 1. The van der Waals surface area contributed by atoms with Gasteiger partial charge in [-0.05, 0) is 36.2 Å². The third kappa shape index (κ3) is 5.42. The fourth-order valence-electron chi connectivity index (χ4n) is 4.32. The molecule has 0 spiro atoms. The van der Waals surface area contributed by atoms with Gasteiger partial charge < -0.3 is 20.6 Å². The Morgan fingerprint density at radius 3 is 2.77 bits per heavy atom. The molecule has 1 aliphatic heterocycles. The van der Waals surface area contributed by atoms with Crippen molar-refractivity contribution in [1.29, 1.82) is 0 Å². The lowest BCUT2D eigenvalue weighted by molar-refractivity contribution is -0.126. The van der Waals surface area contributed by atoms with Crippen molar-refractivity contribution in [2.75, 3.05) is 11.9 Å². The van der Waals surface area contributed by atoms with Gasteiger partial charge in [0, 0.05) is 24.7 Å². The van der Waals surface area contributed by atoms with E-state index in [1.165, 1.54) is 40.3 Å². The van der Waals surface area contributed by atoms with Crippen LogP contribution in [0.1, 0.15) is 34.5 Å². The Labute approximate surface area is 227 Å². The molecule has 0 saturated heterocycles. The zero-order valence-electron chi connectivity index (χ0n) is 21.0. The lowest BCUT2D eigenvalue weighted by atomic mass is 10.0. The van der Waals surface area contributed by atoms with E-state index in [4.69, 9.17) is 11.6 Å². The summed E-state index contributed by atoms with van der Waals surface area (Å²) in [7, 11) is 1.68. The van der Waals surface area contributed by atoms with Gasteiger partial charge in [0.25, 0.3) is 5.91 Å². The SMILES string of the molecule is C[C@H](C(=O)N[C@H](CO)c1cccc(F)c1)N1Cc2ccc(-c3nc(Nc4cnn(C)n4)ncc3Cl)cc2C1=O. The second-order valence-electron chi connectivity index (χ2n) is 9.01. The van der Waals surface area contributed by atoms with Gasteiger partial charge >= 0.3 is 0 Å². The zero-order chi connectivity index (χ0) is 27.7. The van der Waals surface area contributed by atoms with Crippen LogP contribution >= 0.6 is 11.6 Å². The number of hydrogen-bond donors (Lipinski definition) is 3. The Morgan fingerprint density at radius 1 is 1.23 bits per heavy atom. The molecule has 3 heterocycles. The maximum atomic E-state index is 13.6. The van der Waals surface area contributed by atoms with Gasteiger partial charge in [-0.25, -0.2) is 14.4 Å². The summed E-state index contributed by atoms with van der Waals surface area (Å²) < 4.78 is 13.6. The molecule has 39 heavy (non-hydrogen) atoms. The molecule has 2 aromatic heterocycles. The molecule has 2 atom stereocenters. The van der Waals surface area contributed by atoms with Crippen molar-refractivity contribution in [3.05, 3.63) is 82.4 Å². The number of hydrogen-bond acceptors (Lipinski definition) is 8. The predicted octanol–water partition coefficient (Wildman–Crippen LogP) is 3.00. The quantitative estimate of drug-likeness (QED) is 0.304. The predicted molar refractivity (Wildman–Crippen MR) is 140 cm³/mol. The van der Waals surface area contributed by atoms with Crippen LogP contribution in [-0.4, -0.2) is 59.4 Å². The van der Waals surface area contributed by atoms with Crippen molar-refractivity contribution in [2.24, 2.45) is 7.05 Å². The van der Waals surface area contributed by atoms with E-state index in [1.807, 2.05) is 0 Å². The first-order valence-electron chi connectivity index (χ1n) is 12.0. The first kappa shape index (κ1) is 26.2. The molecule has 5 rings (SSSR count). The van der Waals surface area contributed by atoms with Crippen molar-refractivity contribution in [1.82, 2.24) is 35.2 Å². The van der Waals surface area contributed by atoms with Crippen LogP contribution in [0.25, 0.3) is 11.3 Å². The Bertz CT molecular complexity index is 1560. The number of benzene rings is 2. The van der Waals surface area contributed by atoms with Crippen LogP contribution in [-0.2, 0) is 18.4 Å². The van der Waals surface area contributed by atoms with E-state index in [0.717, 1.165) is 5.56 Å². The smallest absolute Gasteiger partial charge is 0.255 e. The molecule has 0 aliphatic carbocycles. The van der Waals surface area contributed by atoms with Crippen LogP contribution in [0.4, 0.5) is 16.2 Å². The van der Waals surface area contributed by atoms with Gasteiger partial charge in [-0.1, -0.05) is 35.9 Å².